The first-order valence-electron chi connectivity index (χ1n) is 12.1. The van der Waals surface area contributed by atoms with Gasteiger partial charge in [-0.15, -0.1) is 10.2 Å². The van der Waals surface area contributed by atoms with Gasteiger partial charge < -0.3 is 30.2 Å². The minimum absolute atomic E-state index is 0.0109. The predicted molar refractivity (Wildman–Crippen MR) is 136 cm³/mol. The second-order valence-corrected chi connectivity index (χ2v) is 9.38. The fraction of sp³-hybridized carbons (Fsp3) is 0.440. The van der Waals surface area contributed by atoms with E-state index in [4.69, 9.17) is 27.8 Å². The van der Waals surface area contributed by atoms with Gasteiger partial charge in [-0.2, -0.15) is 0 Å². The average Bonchev–Trinajstić information content (AvgIpc) is 3.32. The number of hydrogen-bond donors (Lipinski definition) is 2. The highest BCUT2D eigenvalue weighted by molar-refractivity contribution is 6.33. The van der Waals surface area contributed by atoms with Crippen molar-refractivity contribution < 1.29 is 23.8 Å². The molecule has 1 aromatic carbocycles. The van der Waals surface area contributed by atoms with Gasteiger partial charge in [0.25, 0.3) is 0 Å². The van der Waals surface area contributed by atoms with Crippen molar-refractivity contribution in [3.05, 3.63) is 59.5 Å². The Morgan fingerprint density at radius 2 is 1.89 bits per heavy atom. The number of morpholine rings is 1. The molecule has 0 unspecified atom stereocenters. The molecule has 1 atom stereocenters. The molecule has 2 aromatic heterocycles. The third-order valence-corrected chi connectivity index (χ3v) is 5.95. The summed E-state index contributed by atoms with van der Waals surface area (Å²) in [6.45, 7) is 5.46. The lowest BCUT2D eigenvalue weighted by Gasteiger charge is -2.26. The molecule has 1 aliphatic heterocycles. The molecular formula is C25H31BN6O5. The number of nitrogens with zero attached hydrogens (tertiary/aromatic N) is 4. The summed E-state index contributed by atoms with van der Waals surface area (Å²) in [4.78, 5) is 26.9. The molecule has 4 rings (SSSR count). The van der Waals surface area contributed by atoms with Crippen LogP contribution in [0.5, 0.6) is 0 Å². The molecule has 0 spiro atoms. The largest absolute Gasteiger partial charge is 0.443 e. The van der Waals surface area contributed by atoms with Gasteiger partial charge in [-0.05, 0) is 31.5 Å². The number of hydrogen-bond acceptors (Lipinski definition) is 8. The standard InChI is InChI=1S/C25H31BN6O5/c1-25(2,27)23(33)28-20(16-36-14-17-6-3-4-8-19(17)26)22-30-29-21-9-5-7-18(32(21)22)15-37-24(34)31-10-12-35-13-11-31/h3-9,20H,10-16,27H2,1-2H3,(H,28,33)/t20-/m1/s1. The number of fused-ring (bicyclic) bond motifs is 1. The molecule has 37 heavy (non-hydrogen) atoms. The van der Waals surface area contributed by atoms with Crippen LogP contribution in [0.2, 0.25) is 0 Å². The number of nitrogens with one attached hydrogen (secondary N) is 1. The number of rotatable bonds is 9. The number of ether oxygens (including phenoxy) is 3. The maximum absolute atomic E-state index is 12.8. The Morgan fingerprint density at radius 3 is 2.62 bits per heavy atom. The Bertz CT molecular complexity index is 1240. The SMILES string of the molecule is [B]c1ccccc1COC[C@@H](NC(=O)C(C)(C)N)c1nnc2cccc(COC(=O)N3CCOCC3)n12. The number of aromatic nitrogens is 3. The van der Waals surface area contributed by atoms with Crippen LogP contribution in [0.4, 0.5) is 4.79 Å². The molecule has 0 bridgehead atoms. The zero-order valence-electron chi connectivity index (χ0n) is 21.1. The molecule has 12 heteroatoms. The lowest BCUT2D eigenvalue weighted by atomic mass is 9.91. The van der Waals surface area contributed by atoms with E-state index in [1.807, 2.05) is 24.3 Å². The Balaban J connectivity index is 1.56. The summed E-state index contributed by atoms with van der Waals surface area (Å²) in [5.74, 6) is 0.0416. The van der Waals surface area contributed by atoms with Crippen LogP contribution in [0.3, 0.4) is 0 Å². The van der Waals surface area contributed by atoms with Gasteiger partial charge in [0.1, 0.15) is 20.5 Å². The molecule has 3 N–H and O–H groups in total. The molecule has 11 nitrogen and oxygen atoms in total. The quantitative estimate of drug-likeness (QED) is 0.404. The number of carbonyl (C=O) groups excluding carboxylic acids is 2. The molecular weight excluding hydrogens is 475 g/mol. The highest BCUT2D eigenvalue weighted by Crippen LogP contribution is 2.19. The zero-order chi connectivity index (χ0) is 26.4. The Hall–Kier alpha value is -3.48. The molecule has 3 heterocycles. The van der Waals surface area contributed by atoms with Crippen molar-refractivity contribution in [2.75, 3.05) is 32.9 Å². The van der Waals surface area contributed by atoms with Gasteiger partial charge in [-0.3, -0.25) is 9.20 Å². The summed E-state index contributed by atoms with van der Waals surface area (Å²) in [7, 11) is 6.03. The van der Waals surface area contributed by atoms with Crippen molar-refractivity contribution in [3.63, 3.8) is 0 Å². The van der Waals surface area contributed by atoms with Crippen molar-refractivity contribution in [1.29, 1.82) is 0 Å². The lowest BCUT2D eigenvalue weighted by Crippen LogP contribution is -2.51. The van der Waals surface area contributed by atoms with E-state index in [2.05, 4.69) is 15.5 Å². The van der Waals surface area contributed by atoms with Crippen LogP contribution in [0.25, 0.3) is 5.65 Å². The third-order valence-electron chi connectivity index (χ3n) is 5.95. The van der Waals surface area contributed by atoms with Crippen LogP contribution in [-0.4, -0.2) is 77.8 Å². The van der Waals surface area contributed by atoms with Crippen molar-refractivity contribution in [3.8, 4) is 0 Å². The van der Waals surface area contributed by atoms with Gasteiger partial charge >= 0.3 is 6.09 Å². The predicted octanol–water partition coefficient (Wildman–Crippen LogP) is 0.603. The van der Waals surface area contributed by atoms with E-state index in [0.29, 0.717) is 48.9 Å². The monoisotopic (exact) mass is 506 g/mol. The third kappa shape index (κ3) is 6.65. The number of carbonyl (C=O) groups is 2. The molecule has 1 fully saturated rings. The maximum atomic E-state index is 12.8. The molecule has 194 valence electrons. The topological polar surface area (TPSA) is 133 Å². The average molecular weight is 506 g/mol. The maximum Gasteiger partial charge on any atom is 0.410 e. The molecule has 0 saturated carbocycles. The van der Waals surface area contributed by atoms with Crippen molar-refractivity contribution in [1.82, 2.24) is 24.8 Å². The first kappa shape index (κ1) is 26.6. The summed E-state index contributed by atoms with van der Waals surface area (Å²) in [5, 5.41) is 11.5. The summed E-state index contributed by atoms with van der Waals surface area (Å²) >= 11 is 0. The number of amides is 2. The van der Waals surface area contributed by atoms with Crippen molar-refractivity contribution in [2.24, 2.45) is 5.73 Å². The fourth-order valence-corrected chi connectivity index (χ4v) is 3.82. The van der Waals surface area contributed by atoms with Crippen LogP contribution in [0.15, 0.2) is 42.5 Å². The molecule has 0 aliphatic carbocycles. The van der Waals surface area contributed by atoms with Crippen LogP contribution in [0.1, 0.15) is 37.0 Å². The van der Waals surface area contributed by atoms with Crippen LogP contribution < -0.4 is 16.5 Å². The van der Waals surface area contributed by atoms with Crippen molar-refractivity contribution in [2.45, 2.75) is 38.6 Å². The number of pyridine rings is 1. The molecule has 1 aliphatic rings. The normalized spacial score (nSPS) is 14.9. The Morgan fingerprint density at radius 1 is 1.14 bits per heavy atom. The van der Waals surface area contributed by atoms with E-state index in [-0.39, 0.29) is 25.7 Å². The van der Waals surface area contributed by atoms with Crippen LogP contribution in [0, 0.1) is 0 Å². The fourth-order valence-electron chi connectivity index (χ4n) is 3.82. The smallest absolute Gasteiger partial charge is 0.410 e. The van der Waals surface area contributed by atoms with E-state index in [1.54, 1.807) is 41.3 Å². The molecule has 2 amide bonds. The van der Waals surface area contributed by atoms with E-state index < -0.39 is 17.7 Å². The van der Waals surface area contributed by atoms with Crippen molar-refractivity contribution >= 4 is 31.0 Å². The minimum atomic E-state index is -1.13. The lowest BCUT2D eigenvalue weighted by molar-refractivity contribution is -0.126. The summed E-state index contributed by atoms with van der Waals surface area (Å²) in [6.07, 6.45) is -0.423. The van der Waals surface area contributed by atoms with E-state index in [9.17, 15) is 9.59 Å². The minimum Gasteiger partial charge on any atom is -0.443 e. The van der Waals surface area contributed by atoms with Crippen LogP contribution >= 0.6 is 0 Å². The number of nitrogens with two attached hydrogens (primary N) is 1. The van der Waals surface area contributed by atoms with Gasteiger partial charge in [-0.25, -0.2) is 4.79 Å². The second kappa shape index (κ2) is 11.7. The number of benzene rings is 1. The highest BCUT2D eigenvalue weighted by Gasteiger charge is 2.29. The summed E-state index contributed by atoms with van der Waals surface area (Å²) in [5.41, 5.74) is 7.52. The first-order valence-corrected chi connectivity index (χ1v) is 12.1. The second-order valence-electron chi connectivity index (χ2n) is 9.38. The highest BCUT2D eigenvalue weighted by atomic mass is 16.6. The van der Waals surface area contributed by atoms with Gasteiger partial charge in [0.2, 0.25) is 5.91 Å². The molecule has 3 aromatic rings. The summed E-state index contributed by atoms with van der Waals surface area (Å²) in [6, 6.07) is 12.1. The van der Waals surface area contributed by atoms with Gasteiger partial charge in [0.15, 0.2) is 11.5 Å². The zero-order valence-corrected chi connectivity index (χ0v) is 21.1. The van der Waals surface area contributed by atoms with Gasteiger partial charge in [0.05, 0.1) is 37.7 Å². The molecule has 1 saturated heterocycles. The summed E-state index contributed by atoms with van der Waals surface area (Å²) < 4.78 is 18.6. The Labute approximate surface area is 216 Å². The van der Waals surface area contributed by atoms with E-state index in [1.165, 1.54) is 0 Å². The molecule has 2 radical (unpaired) electrons. The van der Waals surface area contributed by atoms with Crippen LogP contribution in [-0.2, 0) is 32.2 Å². The Kier molecular flexibility index (Phi) is 8.42. The first-order chi connectivity index (χ1) is 17.7. The van der Waals surface area contributed by atoms with Gasteiger partial charge in [-0.1, -0.05) is 35.8 Å². The van der Waals surface area contributed by atoms with E-state index in [0.717, 1.165) is 5.56 Å². The van der Waals surface area contributed by atoms with E-state index >= 15 is 0 Å². The van der Waals surface area contributed by atoms with Gasteiger partial charge in [0, 0.05) is 13.1 Å².